The molecule has 180 valence electrons. The van der Waals surface area contributed by atoms with Crippen LogP contribution >= 0.6 is 11.6 Å². The van der Waals surface area contributed by atoms with Crippen LogP contribution in [-0.4, -0.2) is 28.0 Å². The number of halogens is 2. The first-order chi connectivity index (χ1) is 16.1. The molecular formula is C25H25ClFNO5S. The Hall–Kier alpha value is -2.94. The summed E-state index contributed by atoms with van der Waals surface area (Å²) >= 11 is 6.01. The van der Waals surface area contributed by atoms with Crippen molar-refractivity contribution < 1.29 is 27.1 Å². The van der Waals surface area contributed by atoms with E-state index in [2.05, 4.69) is 4.72 Å². The molecule has 0 saturated carbocycles. The Morgan fingerprint density at radius 2 is 1.79 bits per heavy atom. The molecule has 0 atom stereocenters. The van der Waals surface area contributed by atoms with Crippen LogP contribution in [0.4, 0.5) is 4.39 Å². The molecule has 3 aromatic rings. The van der Waals surface area contributed by atoms with Gasteiger partial charge in [0, 0.05) is 12.1 Å². The number of ether oxygens (including phenoxy) is 2. The van der Waals surface area contributed by atoms with Crippen LogP contribution in [0.15, 0.2) is 59.5 Å². The fourth-order valence-corrected chi connectivity index (χ4v) is 4.65. The summed E-state index contributed by atoms with van der Waals surface area (Å²) in [6.07, 6.45) is 0.438. The quantitative estimate of drug-likeness (QED) is 0.415. The van der Waals surface area contributed by atoms with Gasteiger partial charge in [-0.1, -0.05) is 29.8 Å². The van der Waals surface area contributed by atoms with Crippen molar-refractivity contribution >= 4 is 27.6 Å². The largest absolute Gasteiger partial charge is 0.489 e. The van der Waals surface area contributed by atoms with Gasteiger partial charge >= 0.3 is 5.97 Å². The summed E-state index contributed by atoms with van der Waals surface area (Å²) in [5.74, 6) is -0.481. The van der Waals surface area contributed by atoms with Gasteiger partial charge < -0.3 is 9.47 Å². The number of sulfonamides is 1. The van der Waals surface area contributed by atoms with E-state index in [0.29, 0.717) is 28.3 Å². The number of hydrogen-bond acceptors (Lipinski definition) is 5. The van der Waals surface area contributed by atoms with Crippen molar-refractivity contribution in [3.8, 4) is 5.75 Å². The maximum atomic E-state index is 13.9. The molecule has 0 spiro atoms. The van der Waals surface area contributed by atoms with E-state index in [1.807, 2.05) is 0 Å². The van der Waals surface area contributed by atoms with Gasteiger partial charge in [-0.25, -0.2) is 22.3 Å². The fourth-order valence-electron chi connectivity index (χ4n) is 3.29. The van der Waals surface area contributed by atoms with Gasteiger partial charge in [0.2, 0.25) is 10.0 Å². The van der Waals surface area contributed by atoms with E-state index in [1.165, 1.54) is 31.4 Å². The molecule has 9 heteroatoms. The summed E-state index contributed by atoms with van der Waals surface area (Å²) < 4.78 is 52.3. The van der Waals surface area contributed by atoms with E-state index >= 15 is 0 Å². The second-order valence-electron chi connectivity index (χ2n) is 7.68. The van der Waals surface area contributed by atoms with Crippen LogP contribution in [0.2, 0.25) is 5.02 Å². The standard InChI is InChI=1S/C25H25ClFNO5S/c1-16-13-20(14-21(17(16)2)25(29)32-3)34(30,31)28-12-11-18-7-9-19(10-8-18)33-15-22-23(26)5-4-6-24(22)27/h4-10,13-14,28H,11-12,15H2,1-3H3. The summed E-state index contributed by atoms with van der Waals surface area (Å²) in [6.45, 7) is 3.64. The number of hydrogen-bond donors (Lipinski definition) is 1. The maximum absolute atomic E-state index is 13.9. The molecule has 0 radical (unpaired) electrons. The molecule has 1 N–H and O–H groups in total. The third kappa shape index (κ3) is 6.14. The molecule has 0 heterocycles. The lowest BCUT2D eigenvalue weighted by atomic mass is 10.0. The van der Waals surface area contributed by atoms with Crippen LogP contribution in [0.5, 0.6) is 5.75 Å². The van der Waals surface area contributed by atoms with Gasteiger partial charge in [0.15, 0.2) is 0 Å². The van der Waals surface area contributed by atoms with Gasteiger partial charge in [0.1, 0.15) is 18.2 Å². The van der Waals surface area contributed by atoms with Crippen LogP contribution in [0.1, 0.15) is 32.6 Å². The number of benzene rings is 3. The molecule has 3 rings (SSSR count). The molecule has 3 aromatic carbocycles. The number of rotatable bonds is 9. The summed E-state index contributed by atoms with van der Waals surface area (Å²) in [6, 6.07) is 14.4. The molecule has 6 nitrogen and oxygen atoms in total. The van der Waals surface area contributed by atoms with Crippen LogP contribution in [0.3, 0.4) is 0 Å². The van der Waals surface area contributed by atoms with Crippen LogP contribution in [0, 0.1) is 19.7 Å². The molecule has 0 unspecified atom stereocenters. The third-order valence-corrected chi connectivity index (χ3v) is 7.23. The van der Waals surface area contributed by atoms with Crippen molar-refractivity contribution in [3.63, 3.8) is 0 Å². The van der Waals surface area contributed by atoms with Gasteiger partial charge in [-0.05, 0) is 73.4 Å². The molecule has 0 bridgehead atoms. The molecule has 34 heavy (non-hydrogen) atoms. The second kappa shape index (κ2) is 11.0. The van der Waals surface area contributed by atoms with Crippen LogP contribution < -0.4 is 9.46 Å². The van der Waals surface area contributed by atoms with Gasteiger partial charge in [0.05, 0.1) is 22.6 Å². The van der Waals surface area contributed by atoms with E-state index in [0.717, 1.165) is 5.56 Å². The fraction of sp³-hybridized carbons (Fsp3) is 0.240. The Bertz CT molecular complexity index is 1270. The lowest BCUT2D eigenvalue weighted by Gasteiger charge is -2.12. The van der Waals surface area contributed by atoms with Crippen molar-refractivity contribution in [2.75, 3.05) is 13.7 Å². The molecular weight excluding hydrogens is 481 g/mol. The molecule has 0 aliphatic heterocycles. The summed E-state index contributed by atoms with van der Waals surface area (Å²) in [5, 5.41) is 0.298. The molecule has 0 aliphatic rings. The molecule has 0 saturated heterocycles. The Labute approximate surface area is 203 Å². The molecule has 0 aliphatic carbocycles. The van der Waals surface area contributed by atoms with E-state index in [9.17, 15) is 17.6 Å². The van der Waals surface area contributed by atoms with Crippen molar-refractivity contribution in [2.24, 2.45) is 0 Å². The zero-order valence-electron chi connectivity index (χ0n) is 19.0. The Kier molecular flexibility index (Phi) is 8.30. The van der Waals surface area contributed by atoms with E-state index in [1.54, 1.807) is 44.2 Å². The Morgan fingerprint density at radius 1 is 1.09 bits per heavy atom. The average molecular weight is 506 g/mol. The predicted octanol–water partition coefficient (Wildman–Crippen LogP) is 4.98. The minimum Gasteiger partial charge on any atom is -0.489 e. The number of carbonyl (C=O) groups excluding carboxylic acids is 1. The number of methoxy groups -OCH3 is 1. The first kappa shape index (κ1) is 25.7. The zero-order chi connectivity index (χ0) is 24.9. The topological polar surface area (TPSA) is 81.7 Å². The maximum Gasteiger partial charge on any atom is 0.338 e. The highest BCUT2D eigenvalue weighted by Crippen LogP contribution is 2.23. The Balaban J connectivity index is 1.60. The van der Waals surface area contributed by atoms with Crippen LogP contribution in [0.25, 0.3) is 0 Å². The highest BCUT2D eigenvalue weighted by molar-refractivity contribution is 7.89. The number of nitrogens with one attached hydrogen (secondary N) is 1. The minimum atomic E-state index is -3.82. The predicted molar refractivity (Wildman–Crippen MR) is 128 cm³/mol. The molecule has 0 amide bonds. The number of aryl methyl sites for hydroxylation is 1. The second-order valence-corrected chi connectivity index (χ2v) is 9.86. The first-order valence-corrected chi connectivity index (χ1v) is 12.3. The lowest BCUT2D eigenvalue weighted by molar-refractivity contribution is 0.0599. The average Bonchev–Trinajstić information content (AvgIpc) is 2.80. The summed E-state index contributed by atoms with van der Waals surface area (Å²) in [5.41, 5.74) is 2.73. The van der Waals surface area contributed by atoms with Gasteiger partial charge in [-0.2, -0.15) is 0 Å². The number of esters is 1. The lowest BCUT2D eigenvalue weighted by Crippen LogP contribution is -2.26. The zero-order valence-corrected chi connectivity index (χ0v) is 20.6. The van der Waals surface area contributed by atoms with Crippen molar-refractivity contribution in [3.05, 3.63) is 93.3 Å². The summed E-state index contributed by atoms with van der Waals surface area (Å²) in [4.78, 5) is 12.0. The normalized spacial score (nSPS) is 11.3. The monoisotopic (exact) mass is 505 g/mol. The number of carbonyl (C=O) groups is 1. The third-order valence-electron chi connectivity index (χ3n) is 5.43. The van der Waals surface area contributed by atoms with Crippen LogP contribution in [-0.2, 0) is 27.8 Å². The van der Waals surface area contributed by atoms with E-state index in [4.69, 9.17) is 21.1 Å². The molecule has 0 aromatic heterocycles. The minimum absolute atomic E-state index is 0.00577. The van der Waals surface area contributed by atoms with Gasteiger partial charge in [0.25, 0.3) is 0 Å². The highest BCUT2D eigenvalue weighted by atomic mass is 35.5. The molecule has 0 fully saturated rings. The van der Waals surface area contributed by atoms with Crippen molar-refractivity contribution in [2.45, 2.75) is 31.8 Å². The smallest absolute Gasteiger partial charge is 0.338 e. The van der Waals surface area contributed by atoms with Crippen molar-refractivity contribution in [1.29, 1.82) is 0 Å². The SMILES string of the molecule is COC(=O)c1cc(S(=O)(=O)NCCc2ccc(OCc3c(F)cccc3Cl)cc2)cc(C)c1C. The van der Waals surface area contributed by atoms with Crippen molar-refractivity contribution in [1.82, 2.24) is 4.72 Å². The first-order valence-electron chi connectivity index (χ1n) is 10.5. The Morgan fingerprint density at radius 3 is 2.44 bits per heavy atom. The highest BCUT2D eigenvalue weighted by Gasteiger charge is 2.20. The van der Waals surface area contributed by atoms with Gasteiger partial charge in [-0.15, -0.1) is 0 Å². The van der Waals surface area contributed by atoms with E-state index in [-0.39, 0.29) is 29.2 Å². The van der Waals surface area contributed by atoms with E-state index < -0.39 is 21.8 Å². The van der Waals surface area contributed by atoms with Gasteiger partial charge in [-0.3, -0.25) is 0 Å². The summed E-state index contributed by atoms with van der Waals surface area (Å²) in [7, 11) is -2.57.